The Balaban J connectivity index is 2.09. The van der Waals surface area contributed by atoms with Crippen molar-refractivity contribution in [2.24, 2.45) is 5.16 Å². The smallest absolute Gasteiger partial charge is 0.377 e. The van der Waals surface area contributed by atoms with Crippen molar-refractivity contribution in [1.82, 2.24) is 9.80 Å². The van der Waals surface area contributed by atoms with Crippen LogP contribution in [0.25, 0.3) is 0 Å². The number of aliphatic hydroxyl groups is 1. The van der Waals surface area contributed by atoms with E-state index in [0.29, 0.717) is 13.1 Å². The number of rotatable bonds is 6. The van der Waals surface area contributed by atoms with Crippen molar-refractivity contribution in [3.05, 3.63) is 24.5 Å². The van der Waals surface area contributed by atoms with E-state index >= 15 is 0 Å². The molecule has 0 saturated carbocycles. The highest BCUT2D eigenvalue weighted by atomic mass is 32.1. The molecule has 1 aliphatic rings. The fourth-order valence-electron chi connectivity index (χ4n) is 2.55. The highest BCUT2D eigenvalue weighted by molar-refractivity contribution is 7.80. The molecule has 2 heterocycles. The van der Waals surface area contributed by atoms with Crippen molar-refractivity contribution in [3.8, 4) is 0 Å². The quantitative estimate of drug-likeness (QED) is 0.307. The van der Waals surface area contributed by atoms with Crippen LogP contribution >= 0.6 is 12.2 Å². The molecule has 0 bridgehead atoms. The van der Waals surface area contributed by atoms with Gasteiger partial charge in [-0.25, -0.2) is 4.79 Å². The molecular formula is C17H24N5O4S+. The number of aliphatic hydroxyl groups excluding tert-OH is 1. The van der Waals surface area contributed by atoms with Crippen LogP contribution in [-0.2, 0) is 21.0 Å². The molecule has 1 fully saturated rings. The number of hydrogen-bond acceptors (Lipinski definition) is 7. The third-order valence-electron chi connectivity index (χ3n) is 4.09. The Bertz CT molecular complexity index is 750. The molecule has 0 aromatic carbocycles. The van der Waals surface area contributed by atoms with Crippen LogP contribution in [0.3, 0.4) is 0 Å². The Morgan fingerprint density at radius 1 is 1.33 bits per heavy atom. The molecule has 9 nitrogen and oxygen atoms in total. The highest BCUT2D eigenvalue weighted by Gasteiger charge is 2.40. The van der Waals surface area contributed by atoms with Crippen LogP contribution < -0.4 is 9.47 Å². The summed E-state index contributed by atoms with van der Waals surface area (Å²) in [4.78, 5) is 34.0. The van der Waals surface area contributed by atoms with Crippen molar-refractivity contribution < 1.29 is 24.1 Å². The van der Waals surface area contributed by atoms with E-state index in [4.69, 9.17) is 17.1 Å². The zero-order valence-corrected chi connectivity index (χ0v) is 16.6. The summed E-state index contributed by atoms with van der Waals surface area (Å²) >= 11 is 5.21. The Morgan fingerprint density at radius 2 is 1.96 bits per heavy atom. The minimum Gasteiger partial charge on any atom is -0.377 e. The van der Waals surface area contributed by atoms with E-state index < -0.39 is 18.1 Å². The van der Waals surface area contributed by atoms with Crippen LogP contribution in [0.15, 0.2) is 29.7 Å². The molecule has 1 aromatic rings. The van der Waals surface area contributed by atoms with Crippen molar-refractivity contribution in [2.75, 3.05) is 32.1 Å². The van der Waals surface area contributed by atoms with Gasteiger partial charge < -0.3 is 19.7 Å². The maximum absolute atomic E-state index is 12.4. The Hall–Kier alpha value is -2.59. The van der Waals surface area contributed by atoms with Crippen LogP contribution in [0.2, 0.25) is 0 Å². The molecular weight excluding hydrogens is 370 g/mol. The summed E-state index contributed by atoms with van der Waals surface area (Å²) in [5.41, 5.74) is 0.722. The molecule has 1 unspecified atom stereocenters. The average Bonchev–Trinajstić information content (AvgIpc) is 2.62. The maximum Gasteiger partial charge on any atom is 0.399 e. The molecule has 10 heteroatoms. The fourth-order valence-corrected chi connectivity index (χ4v) is 2.99. The van der Waals surface area contributed by atoms with Crippen LogP contribution in [0.1, 0.15) is 13.8 Å². The number of aromatic nitrogens is 1. The van der Waals surface area contributed by atoms with Crippen LogP contribution in [-0.4, -0.2) is 71.0 Å². The number of oxime groups is 1. The van der Waals surface area contributed by atoms with Gasteiger partial charge in [0.1, 0.15) is 0 Å². The minimum absolute atomic E-state index is 0.0812. The summed E-state index contributed by atoms with van der Waals surface area (Å²) in [5.74, 6) is -1.24. The lowest BCUT2D eigenvalue weighted by atomic mass is 10.2. The summed E-state index contributed by atoms with van der Waals surface area (Å²) in [7, 11) is 3.84. The zero-order chi connectivity index (χ0) is 20.1. The van der Waals surface area contributed by atoms with Gasteiger partial charge in [0.2, 0.25) is 6.54 Å². The first-order valence-electron chi connectivity index (χ1n) is 8.54. The number of nitrogens with zero attached hydrogens (tertiary/aromatic N) is 5. The van der Waals surface area contributed by atoms with Gasteiger partial charge in [-0.3, -0.25) is 9.69 Å². The van der Waals surface area contributed by atoms with E-state index in [9.17, 15) is 14.7 Å². The van der Waals surface area contributed by atoms with Gasteiger partial charge in [0, 0.05) is 45.0 Å². The van der Waals surface area contributed by atoms with E-state index in [1.54, 1.807) is 30.8 Å². The SMILES string of the molecule is CCN1C(=O)/C(=N\OC(=O)C[n+]2ccc(N(C)C)cc2)C(O)N(CC)C1=S. The molecule has 0 aliphatic carbocycles. The Morgan fingerprint density at radius 3 is 2.48 bits per heavy atom. The monoisotopic (exact) mass is 394 g/mol. The second-order valence-electron chi connectivity index (χ2n) is 6.05. The molecule has 0 radical (unpaired) electrons. The molecule has 2 rings (SSSR count). The number of amides is 1. The van der Waals surface area contributed by atoms with E-state index in [2.05, 4.69) is 5.16 Å². The maximum atomic E-state index is 12.4. The van der Waals surface area contributed by atoms with Gasteiger partial charge in [-0.15, -0.1) is 0 Å². The molecule has 146 valence electrons. The second kappa shape index (κ2) is 8.87. The van der Waals surface area contributed by atoms with Gasteiger partial charge in [-0.1, -0.05) is 5.16 Å². The van der Waals surface area contributed by atoms with Gasteiger partial charge in [-0.2, -0.15) is 4.57 Å². The summed E-state index contributed by atoms with van der Waals surface area (Å²) in [6.07, 6.45) is 2.12. The molecule has 1 saturated heterocycles. The number of carbonyl (C=O) groups is 2. The Kier molecular flexibility index (Phi) is 6.81. The van der Waals surface area contributed by atoms with Crippen LogP contribution in [0.5, 0.6) is 0 Å². The van der Waals surface area contributed by atoms with E-state index in [0.717, 1.165) is 5.69 Å². The van der Waals surface area contributed by atoms with E-state index in [1.807, 2.05) is 31.1 Å². The standard InChI is InChI=1S/C17H24N5O4S/c1-5-21-15(24)14(16(25)22(6-2)17(21)27)18-26-13(23)11-20-9-7-12(8-10-20)19(3)4/h7-10,15,24H,5-6,11H2,1-4H3/q+1/b18-14-. The fraction of sp³-hybridized carbons (Fsp3) is 0.471. The molecule has 1 amide bonds. The largest absolute Gasteiger partial charge is 0.399 e. The van der Waals surface area contributed by atoms with Gasteiger partial charge >= 0.3 is 5.97 Å². The molecule has 1 aromatic heterocycles. The van der Waals surface area contributed by atoms with Crippen molar-refractivity contribution in [1.29, 1.82) is 0 Å². The Labute approximate surface area is 163 Å². The van der Waals surface area contributed by atoms with Crippen molar-refractivity contribution >= 4 is 40.6 Å². The average molecular weight is 394 g/mol. The lowest BCUT2D eigenvalue weighted by Crippen LogP contribution is -2.62. The number of carbonyl (C=O) groups excluding carboxylic acids is 2. The van der Waals surface area contributed by atoms with Gasteiger partial charge in [0.15, 0.2) is 29.4 Å². The summed E-state index contributed by atoms with van der Waals surface area (Å²) in [5, 5.41) is 14.2. The minimum atomic E-state index is -1.35. The summed E-state index contributed by atoms with van der Waals surface area (Å²) in [6.45, 7) is 4.17. The molecule has 1 aliphatic heterocycles. The number of hydrogen-bond donors (Lipinski definition) is 1. The normalized spacial score (nSPS) is 18.9. The first-order chi connectivity index (χ1) is 12.8. The zero-order valence-electron chi connectivity index (χ0n) is 15.8. The second-order valence-corrected chi connectivity index (χ2v) is 6.42. The van der Waals surface area contributed by atoms with Crippen LogP contribution in [0.4, 0.5) is 5.69 Å². The molecule has 0 spiro atoms. The lowest BCUT2D eigenvalue weighted by Gasteiger charge is -2.39. The molecule has 1 atom stereocenters. The van der Waals surface area contributed by atoms with Gasteiger partial charge in [0.05, 0.1) is 0 Å². The van der Waals surface area contributed by atoms with Crippen molar-refractivity contribution in [3.63, 3.8) is 0 Å². The highest BCUT2D eigenvalue weighted by Crippen LogP contribution is 2.14. The molecule has 27 heavy (non-hydrogen) atoms. The van der Waals surface area contributed by atoms with E-state index in [-0.39, 0.29) is 17.4 Å². The topological polar surface area (TPSA) is 89.6 Å². The first kappa shape index (κ1) is 20.7. The third kappa shape index (κ3) is 4.58. The number of anilines is 1. The summed E-state index contributed by atoms with van der Waals surface area (Å²) in [6, 6.07) is 3.71. The van der Waals surface area contributed by atoms with Crippen LogP contribution in [0, 0.1) is 0 Å². The van der Waals surface area contributed by atoms with Crippen molar-refractivity contribution in [2.45, 2.75) is 26.6 Å². The van der Waals surface area contributed by atoms with Gasteiger partial charge in [-0.05, 0) is 26.1 Å². The lowest BCUT2D eigenvalue weighted by molar-refractivity contribution is -0.685. The van der Waals surface area contributed by atoms with Gasteiger partial charge in [0.25, 0.3) is 5.91 Å². The first-order valence-corrected chi connectivity index (χ1v) is 8.95. The van der Waals surface area contributed by atoms with E-state index in [1.165, 1.54) is 9.80 Å². The number of thiocarbonyl (C=S) groups is 1. The summed E-state index contributed by atoms with van der Waals surface area (Å²) < 4.78 is 1.63. The number of pyridine rings is 1. The third-order valence-corrected chi connectivity index (χ3v) is 4.54. The predicted molar refractivity (Wildman–Crippen MR) is 103 cm³/mol. The predicted octanol–water partition coefficient (Wildman–Crippen LogP) is -0.273. The molecule has 1 N–H and O–H groups in total.